The number of amides is 1. The van der Waals surface area contributed by atoms with Crippen LogP contribution in [0.1, 0.15) is 22.8 Å². The number of nitrogens with zero attached hydrogens (tertiary/aromatic N) is 1. The quantitative estimate of drug-likeness (QED) is 0.762. The highest BCUT2D eigenvalue weighted by Gasteiger charge is 2.06. The summed E-state index contributed by atoms with van der Waals surface area (Å²) in [6.07, 6.45) is 2.71. The number of aromatic nitrogens is 2. The number of fused-ring (bicyclic) bond motifs is 1. The summed E-state index contributed by atoms with van der Waals surface area (Å²) in [5.74, 6) is -0.101. The first-order valence-electron chi connectivity index (χ1n) is 6.59. The molecule has 0 aliphatic carbocycles. The minimum absolute atomic E-state index is 0.101. The Morgan fingerprint density at radius 1 is 1.20 bits per heavy atom. The van der Waals surface area contributed by atoms with Crippen LogP contribution in [0.15, 0.2) is 48.7 Å². The van der Waals surface area contributed by atoms with Crippen LogP contribution in [0.2, 0.25) is 0 Å². The number of rotatable bonds is 3. The minimum atomic E-state index is -0.101. The highest BCUT2D eigenvalue weighted by Crippen LogP contribution is 2.17. The van der Waals surface area contributed by atoms with Crippen molar-refractivity contribution in [2.24, 2.45) is 0 Å². The number of aryl methyl sites for hydroxylation is 1. The number of anilines is 1. The summed E-state index contributed by atoms with van der Waals surface area (Å²) in [6.45, 7) is 2.09. The van der Waals surface area contributed by atoms with Gasteiger partial charge in [0.15, 0.2) is 0 Å². The Hall–Kier alpha value is -2.62. The van der Waals surface area contributed by atoms with Crippen molar-refractivity contribution in [1.82, 2.24) is 10.2 Å². The SMILES string of the molecule is CCc1ccc(C(=O)Nc2ccc3[nH]ncc3c2)cc1. The Labute approximate surface area is 116 Å². The topological polar surface area (TPSA) is 57.8 Å². The molecule has 0 aliphatic heterocycles. The molecule has 4 heteroatoms. The number of hydrogen-bond acceptors (Lipinski definition) is 2. The molecule has 0 spiro atoms. The fourth-order valence-corrected chi connectivity index (χ4v) is 2.12. The van der Waals surface area contributed by atoms with Crippen molar-refractivity contribution >= 4 is 22.5 Å². The van der Waals surface area contributed by atoms with Gasteiger partial charge < -0.3 is 5.32 Å². The highest BCUT2D eigenvalue weighted by atomic mass is 16.1. The van der Waals surface area contributed by atoms with Gasteiger partial charge in [-0.05, 0) is 42.3 Å². The number of carbonyl (C=O) groups is 1. The maximum Gasteiger partial charge on any atom is 0.255 e. The lowest BCUT2D eigenvalue weighted by atomic mass is 10.1. The van der Waals surface area contributed by atoms with Crippen LogP contribution in [0.3, 0.4) is 0 Å². The van der Waals surface area contributed by atoms with E-state index in [0.29, 0.717) is 5.56 Å². The standard InChI is InChI=1S/C16H15N3O/c1-2-11-3-5-12(6-4-11)16(20)18-14-7-8-15-13(9-14)10-17-19-15/h3-10H,2H2,1H3,(H,17,19)(H,18,20). The molecule has 3 rings (SSSR count). The van der Waals surface area contributed by atoms with Crippen LogP contribution < -0.4 is 5.32 Å². The Morgan fingerprint density at radius 3 is 2.75 bits per heavy atom. The number of H-pyrrole nitrogens is 1. The first-order chi connectivity index (χ1) is 9.76. The smallest absolute Gasteiger partial charge is 0.255 e. The molecule has 0 saturated carbocycles. The molecule has 1 aromatic heterocycles. The lowest BCUT2D eigenvalue weighted by Crippen LogP contribution is -2.11. The number of aromatic amines is 1. The van der Waals surface area contributed by atoms with E-state index in [-0.39, 0.29) is 5.91 Å². The second kappa shape index (κ2) is 5.17. The fourth-order valence-electron chi connectivity index (χ4n) is 2.12. The van der Waals surface area contributed by atoms with E-state index in [1.165, 1.54) is 5.56 Å². The third-order valence-corrected chi connectivity index (χ3v) is 3.32. The zero-order valence-corrected chi connectivity index (χ0v) is 11.2. The second-order valence-electron chi connectivity index (χ2n) is 4.68. The first-order valence-corrected chi connectivity index (χ1v) is 6.59. The first kappa shape index (κ1) is 12.4. The van der Waals surface area contributed by atoms with E-state index < -0.39 is 0 Å². The van der Waals surface area contributed by atoms with Gasteiger partial charge in [0.05, 0.1) is 11.7 Å². The van der Waals surface area contributed by atoms with E-state index in [2.05, 4.69) is 22.4 Å². The Morgan fingerprint density at radius 2 is 2.00 bits per heavy atom. The molecule has 0 unspecified atom stereocenters. The molecule has 0 bridgehead atoms. The van der Waals surface area contributed by atoms with E-state index >= 15 is 0 Å². The third kappa shape index (κ3) is 2.40. The van der Waals surface area contributed by atoms with Gasteiger partial charge in [0, 0.05) is 16.6 Å². The molecular formula is C16H15N3O. The molecule has 4 nitrogen and oxygen atoms in total. The molecule has 20 heavy (non-hydrogen) atoms. The Bertz CT molecular complexity index is 744. The van der Waals surface area contributed by atoms with Crippen molar-refractivity contribution in [3.63, 3.8) is 0 Å². The predicted octanol–water partition coefficient (Wildman–Crippen LogP) is 3.38. The maximum absolute atomic E-state index is 12.2. The van der Waals surface area contributed by atoms with Crippen LogP contribution >= 0.6 is 0 Å². The highest BCUT2D eigenvalue weighted by molar-refractivity contribution is 6.05. The zero-order chi connectivity index (χ0) is 13.9. The van der Waals surface area contributed by atoms with Gasteiger partial charge in [-0.15, -0.1) is 0 Å². The summed E-state index contributed by atoms with van der Waals surface area (Å²) in [5, 5.41) is 10.7. The van der Waals surface area contributed by atoms with Crippen LogP contribution in [-0.4, -0.2) is 16.1 Å². The summed E-state index contributed by atoms with van der Waals surface area (Å²) in [4.78, 5) is 12.2. The van der Waals surface area contributed by atoms with Gasteiger partial charge in [0.1, 0.15) is 0 Å². The molecule has 2 aromatic carbocycles. The van der Waals surface area contributed by atoms with Crippen LogP contribution in [-0.2, 0) is 6.42 Å². The van der Waals surface area contributed by atoms with Gasteiger partial charge in [-0.25, -0.2) is 0 Å². The fraction of sp³-hybridized carbons (Fsp3) is 0.125. The molecular weight excluding hydrogens is 250 g/mol. The molecule has 0 saturated heterocycles. The number of hydrogen-bond donors (Lipinski definition) is 2. The third-order valence-electron chi connectivity index (χ3n) is 3.32. The van der Waals surface area contributed by atoms with E-state index in [9.17, 15) is 4.79 Å². The van der Waals surface area contributed by atoms with Crippen molar-refractivity contribution < 1.29 is 4.79 Å². The van der Waals surface area contributed by atoms with Crippen molar-refractivity contribution in [3.8, 4) is 0 Å². The van der Waals surface area contributed by atoms with E-state index in [1.807, 2.05) is 42.5 Å². The number of nitrogens with one attached hydrogen (secondary N) is 2. The van der Waals surface area contributed by atoms with Crippen molar-refractivity contribution in [2.75, 3.05) is 5.32 Å². The molecule has 1 heterocycles. The molecule has 3 aromatic rings. The Kier molecular flexibility index (Phi) is 3.21. The molecule has 2 N–H and O–H groups in total. The molecule has 0 atom stereocenters. The molecule has 0 fully saturated rings. The number of carbonyl (C=O) groups excluding carboxylic acids is 1. The monoisotopic (exact) mass is 265 g/mol. The summed E-state index contributed by atoms with van der Waals surface area (Å²) in [6, 6.07) is 13.3. The summed E-state index contributed by atoms with van der Waals surface area (Å²) < 4.78 is 0. The summed E-state index contributed by atoms with van der Waals surface area (Å²) in [7, 11) is 0. The second-order valence-corrected chi connectivity index (χ2v) is 4.68. The van der Waals surface area contributed by atoms with Crippen LogP contribution in [0.4, 0.5) is 5.69 Å². The molecule has 100 valence electrons. The van der Waals surface area contributed by atoms with E-state index in [4.69, 9.17) is 0 Å². The maximum atomic E-state index is 12.2. The zero-order valence-electron chi connectivity index (χ0n) is 11.2. The van der Waals surface area contributed by atoms with Crippen molar-refractivity contribution in [2.45, 2.75) is 13.3 Å². The lowest BCUT2D eigenvalue weighted by molar-refractivity contribution is 0.102. The molecule has 1 amide bonds. The van der Waals surface area contributed by atoms with Gasteiger partial charge >= 0.3 is 0 Å². The molecule has 0 aliphatic rings. The summed E-state index contributed by atoms with van der Waals surface area (Å²) >= 11 is 0. The number of benzene rings is 2. The van der Waals surface area contributed by atoms with E-state index in [0.717, 1.165) is 23.0 Å². The minimum Gasteiger partial charge on any atom is -0.322 e. The van der Waals surface area contributed by atoms with Crippen LogP contribution in [0, 0.1) is 0 Å². The van der Waals surface area contributed by atoms with Crippen molar-refractivity contribution in [3.05, 3.63) is 59.8 Å². The largest absolute Gasteiger partial charge is 0.322 e. The van der Waals surface area contributed by atoms with Gasteiger partial charge in [0.2, 0.25) is 0 Å². The van der Waals surface area contributed by atoms with Crippen LogP contribution in [0.25, 0.3) is 10.9 Å². The van der Waals surface area contributed by atoms with Crippen LogP contribution in [0.5, 0.6) is 0 Å². The summed E-state index contributed by atoms with van der Waals surface area (Å²) in [5.41, 5.74) is 3.61. The lowest BCUT2D eigenvalue weighted by Gasteiger charge is -2.06. The van der Waals surface area contributed by atoms with Gasteiger partial charge in [-0.2, -0.15) is 5.10 Å². The van der Waals surface area contributed by atoms with E-state index in [1.54, 1.807) is 6.20 Å². The molecule has 0 radical (unpaired) electrons. The van der Waals surface area contributed by atoms with Gasteiger partial charge in [-0.3, -0.25) is 9.89 Å². The van der Waals surface area contributed by atoms with Gasteiger partial charge in [-0.1, -0.05) is 19.1 Å². The Balaban J connectivity index is 1.80. The normalized spacial score (nSPS) is 10.7. The predicted molar refractivity (Wildman–Crippen MR) is 79.9 cm³/mol. The average molecular weight is 265 g/mol. The van der Waals surface area contributed by atoms with Gasteiger partial charge in [0.25, 0.3) is 5.91 Å². The van der Waals surface area contributed by atoms with Crippen molar-refractivity contribution in [1.29, 1.82) is 0 Å². The average Bonchev–Trinajstić information content (AvgIpc) is 2.95.